The van der Waals surface area contributed by atoms with Gasteiger partial charge < -0.3 is 10.1 Å². The number of hydrogen-bond donors (Lipinski definition) is 1. The van der Waals surface area contributed by atoms with Gasteiger partial charge in [-0.25, -0.2) is 0 Å². The minimum atomic E-state index is 0.598. The van der Waals surface area contributed by atoms with E-state index in [0.717, 1.165) is 13.2 Å². The fourth-order valence-corrected chi connectivity index (χ4v) is 2.30. The van der Waals surface area contributed by atoms with E-state index in [1.165, 1.54) is 24.3 Å². The van der Waals surface area contributed by atoms with Crippen LogP contribution in [0.2, 0.25) is 0 Å². The molecule has 1 aliphatic heterocycles. The van der Waals surface area contributed by atoms with E-state index in [4.69, 9.17) is 4.74 Å². The smallest absolute Gasteiger partial charge is 0.0619 e. The zero-order valence-corrected chi connectivity index (χ0v) is 9.53. The Morgan fingerprint density at radius 2 is 2.46 bits per heavy atom. The molecule has 0 aromatic heterocycles. The van der Waals surface area contributed by atoms with Gasteiger partial charge in [0.15, 0.2) is 0 Å². The van der Waals surface area contributed by atoms with Crippen molar-refractivity contribution in [3.05, 3.63) is 0 Å². The van der Waals surface area contributed by atoms with E-state index in [9.17, 15) is 0 Å². The quantitative estimate of drug-likeness (QED) is 0.737. The molecule has 0 aliphatic carbocycles. The van der Waals surface area contributed by atoms with Gasteiger partial charge in [0.25, 0.3) is 0 Å². The molecule has 3 heteroatoms. The molecule has 1 heterocycles. The summed E-state index contributed by atoms with van der Waals surface area (Å²) in [6, 6.07) is 1.22. The van der Waals surface area contributed by atoms with E-state index >= 15 is 0 Å². The zero-order valence-electron chi connectivity index (χ0n) is 8.71. The van der Waals surface area contributed by atoms with Crippen molar-refractivity contribution in [2.24, 2.45) is 0 Å². The molecule has 1 saturated heterocycles. The number of nitrogens with one attached hydrogen (secondary N) is 1. The van der Waals surface area contributed by atoms with Gasteiger partial charge in [-0.15, -0.1) is 0 Å². The summed E-state index contributed by atoms with van der Waals surface area (Å²) in [6.07, 6.45) is 2.49. The van der Waals surface area contributed by atoms with E-state index in [1.807, 2.05) is 11.8 Å². The van der Waals surface area contributed by atoms with Crippen LogP contribution in [0.1, 0.15) is 26.7 Å². The summed E-state index contributed by atoms with van der Waals surface area (Å²) in [5.74, 6) is 2.43. The highest BCUT2D eigenvalue weighted by atomic mass is 32.2. The second-order valence-corrected chi connectivity index (χ2v) is 4.96. The summed E-state index contributed by atoms with van der Waals surface area (Å²) in [5, 5.41) is 3.61. The van der Waals surface area contributed by atoms with Crippen LogP contribution in [-0.2, 0) is 4.74 Å². The van der Waals surface area contributed by atoms with Gasteiger partial charge in [-0.05, 0) is 25.5 Å². The molecule has 1 N–H and O–H groups in total. The van der Waals surface area contributed by atoms with Crippen molar-refractivity contribution < 1.29 is 4.74 Å². The van der Waals surface area contributed by atoms with Gasteiger partial charge in [-0.1, -0.05) is 6.92 Å². The van der Waals surface area contributed by atoms with Crippen LogP contribution in [0, 0.1) is 0 Å². The molecule has 78 valence electrons. The molecule has 2 unspecified atom stereocenters. The van der Waals surface area contributed by atoms with Crippen LogP contribution in [0.25, 0.3) is 0 Å². The van der Waals surface area contributed by atoms with Crippen molar-refractivity contribution in [3.63, 3.8) is 0 Å². The number of hydrogen-bond acceptors (Lipinski definition) is 3. The monoisotopic (exact) mass is 203 g/mol. The van der Waals surface area contributed by atoms with E-state index in [-0.39, 0.29) is 0 Å². The topological polar surface area (TPSA) is 21.3 Å². The average molecular weight is 203 g/mol. The van der Waals surface area contributed by atoms with Crippen molar-refractivity contribution in [3.8, 4) is 0 Å². The van der Waals surface area contributed by atoms with Crippen molar-refractivity contribution in [1.82, 2.24) is 5.32 Å². The molecule has 2 atom stereocenters. The van der Waals surface area contributed by atoms with Crippen LogP contribution >= 0.6 is 11.8 Å². The average Bonchev–Trinajstić information content (AvgIpc) is 2.16. The van der Waals surface area contributed by atoms with Crippen LogP contribution in [0.4, 0.5) is 0 Å². The number of ether oxygens (including phenoxy) is 1. The van der Waals surface area contributed by atoms with Crippen molar-refractivity contribution in [1.29, 1.82) is 0 Å². The second kappa shape index (κ2) is 6.68. The number of thioether (sulfide) groups is 1. The third-order valence-electron chi connectivity index (χ3n) is 2.25. The second-order valence-electron chi connectivity index (χ2n) is 3.64. The van der Waals surface area contributed by atoms with E-state index < -0.39 is 0 Å². The molecule has 13 heavy (non-hydrogen) atoms. The highest BCUT2D eigenvalue weighted by Crippen LogP contribution is 2.08. The molecule has 0 radical (unpaired) electrons. The Labute approximate surface area is 85.8 Å². The Morgan fingerprint density at radius 1 is 1.62 bits per heavy atom. The molecule has 1 fully saturated rings. The van der Waals surface area contributed by atoms with Crippen molar-refractivity contribution in [2.45, 2.75) is 38.8 Å². The minimum Gasteiger partial charge on any atom is -0.380 e. The number of rotatable bonds is 5. The molecule has 1 rings (SSSR count). The van der Waals surface area contributed by atoms with Crippen LogP contribution in [0.15, 0.2) is 0 Å². The normalized spacial score (nSPS) is 25.8. The highest BCUT2D eigenvalue weighted by Gasteiger charge is 2.15. The first-order chi connectivity index (χ1) is 6.33. The van der Waals surface area contributed by atoms with Gasteiger partial charge in [0.05, 0.1) is 6.61 Å². The standard InChI is InChI=1S/C10H21NOS/c1-3-13-8-9(2)11-10-5-4-6-12-7-10/h9-11H,3-8H2,1-2H3. The first-order valence-electron chi connectivity index (χ1n) is 5.24. The van der Waals surface area contributed by atoms with Crippen molar-refractivity contribution in [2.75, 3.05) is 24.7 Å². The van der Waals surface area contributed by atoms with Gasteiger partial charge in [-0.2, -0.15) is 11.8 Å². The third-order valence-corrected chi connectivity index (χ3v) is 3.40. The molecule has 0 spiro atoms. The van der Waals surface area contributed by atoms with Gasteiger partial charge in [0, 0.05) is 24.4 Å². The molecular weight excluding hydrogens is 182 g/mol. The van der Waals surface area contributed by atoms with E-state index in [1.54, 1.807) is 0 Å². The summed E-state index contributed by atoms with van der Waals surface area (Å²) in [7, 11) is 0. The Morgan fingerprint density at radius 3 is 3.08 bits per heavy atom. The third kappa shape index (κ3) is 4.89. The van der Waals surface area contributed by atoms with E-state index in [2.05, 4.69) is 19.2 Å². The van der Waals surface area contributed by atoms with Crippen LogP contribution < -0.4 is 5.32 Å². The summed E-state index contributed by atoms with van der Waals surface area (Å²) >= 11 is 2.00. The maximum absolute atomic E-state index is 5.42. The van der Waals surface area contributed by atoms with Gasteiger partial charge >= 0.3 is 0 Å². The van der Waals surface area contributed by atoms with Gasteiger partial charge in [0.2, 0.25) is 0 Å². The zero-order chi connectivity index (χ0) is 9.52. The van der Waals surface area contributed by atoms with E-state index in [0.29, 0.717) is 12.1 Å². The Bertz CT molecular complexity index is 126. The lowest BCUT2D eigenvalue weighted by molar-refractivity contribution is 0.0680. The summed E-state index contributed by atoms with van der Waals surface area (Å²) < 4.78 is 5.42. The summed E-state index contributed by atoms with van der Waals surface area (Å²) in [5.41, 5.74) is 0. The fraction of sp³-hybridized carbons (Fsp3) is 1.00. The molecule has 0 amide bonds. The lowest BCUT2D eigenvalue weighted by atomic mass is 10.1. The SMILES string of the molecule is CCSCC(C)NC1CCCOC1. The highest BCUT2D eigenvalue weighted by molar-refractivity contribution is 7.99. The predicted molar refractivity (Wildman–Crippen MR) is 59.4 cm³/mol. The molecule has 0 bridgehead atoms. The van der Waals surface area contributed by atoms with Crippen molar-refractivity contribution >= 4 is 11.8 Å². The lowest BCUT2D eigenvalue weighted by Crippen LogP contribution is -2.42. The molecule has 0 saturated carbocycles. The fourth-order valence-electron chi connectivity index (χ4n) is 1.62. The Kier molecular flexibility index (Phi) is 5.83. The molecule has 0 aromatic carbocycles. The molecular formula is C10H21NOS. The van der Waals surface area contributed by atoms with Crippen LogP contribution in [-0.4, -0.2) is 36.8 Å². The Hall–Kier alpha value is 0.270. The predicted octanol–water partition coefficient (Wildman–Crippen LogP) is 1.90. The van der Waals surface area contributed by atoms with Crippen LogP contribution in [0.3, 0.4) is 0 Å². The molecule has 0 aromatic rings. The van der Waals surface area contributed by atoms with Gasteiger partial charge in [0.1, 0.15) is 0 Å². The largest absolute Gasteiger partial charge is 0.380 e. The molecule has 1 aliphatic rings. The Balaban J connectivity index is 2.07. The first kappa shape index (κ1) is 11.3. The summed E-state index contributed by atoms with van der Waals surface area (Å²) in [6.45, 7) is 6.33. The maximum Gasteiger partial charge on any atom is 0.0619 e. The first-order valence-corrected chi connectivity index (χ1v) is 6.40. The summed E-state index contributed by atoms with van der Waals surface area (Å²) in [4.78, 5) is 0. The lowest BCUT2D eigenvalue weighted by Gasteiger charge is -2.26. The van der Waals surface area contributed by atoms with Crippen LogP contribution in [0.5, 0.6) is 0 Å². The molecule has 2 nitrogen and oxygen atoms in total. The van der Waals surface area contributed by atoms with Gasteiger partial charge in [-0.3, -0.25) is 0 Å². The minimum absolute atomic E-state index is 0.598. The maximum atomic E-state index is 5.42.